The van der Waals surface area contributed by atoms with Crippen molar-refractivity contribution in [3.63, 3.8) is 0 Å². The Balaban J connectivity index is 1.38. The Bertz CT molecular complexity index is 2170. The predicted molar refractivity (Wildman–Crippen MR) is 172 cm³/mol. The highest BCUT2D eigenvalue weighted by Gasteiger charge is 2.15. The van der Waals surface area contributed by atoms with Crippen molar-refractivity contribution in [3.05, 3.63) is 138 Å². The van der Waals surface area contributed by atoms with Crippen molar-refractivity contribution in [2.75, 3.05) is 0 Å². The van der Waals surface area contributed by atoms with Crippen molar-refractivity contribution in [1.29, 1.82) is 0 Å². The van der Waals surface area contributed by atoms with Gasteiger partial charge in [-0.15, -0.1) is 11.3 Å². The van der Waals surface area contributed by atoms with Crippen molar-refractivity contribution in [2.45, 2.75) is 0 Å². The van der Waals surface area contributed by atoms with Crippen LogP contribution in [0.5, 0.6) is 0 Å². The van der Waals surface area contributed by atoms with E-state index >= 15 is 0 Å². The van der Waals surface area contributed by atoms with Crippen LogP contribution in [-0.4, -0.2) is 4.57 Å². The van der Waals surface area contributed by atoms with Crippen LogP contribution in [0.3, 0.4) is 0 Å². The van der Waals surface area contributed by atoms with Crippen molar-refractivity contribution >= 4 is 69.2 Å². The first kappa shape index (κ1) is 22.8. The molecule has 0 spiro atoms. The van der Waals surface area contributed by atoms with Gasteiger partial charge < -0.3 is 4.57 Å². The second-order valence-corrected chi connectivity index (χ2v) is 12.0. The lowest BCUT2D eigenvalue weighted by atomic mass is 9.99. The molecular weight excluding hydrogens is 558 g/mol. The molecule has 0 saturated carbocycles. The highest BCUT2D eigenvalue weighted by Crippen LogP contribution is 2.39. The molecule has 0 amide bonds. The lowest BCUT2D eigenvalue weighted by Crippen LogP contribution is -1.93. The quantitative estimate of drug-likeness (QED) is 0.196. The van der Waals surface area contributed by atoms with Crippen LogP contribution in [-0.2, 0) is 0 Å². The van der Waals surface area contributed by atoms with E-state index in [9.17, 15) is 0 Å². The van der Waals surface area contributed by atoms with Crippen LogP contribution in [0.25, 0.3) is 69.9 Å². The Labute approximate surface area is 238 Å². The fraction of sp³-hybridized carbons (Fsp3) is 0. The van der Waals surface area contributed by atoms with Gasteiger partial charge in [-0.2, -0.15) is 0 Å². The monoisotopic (exact) mass is 579 g/mol. The summed E-state index contributed by atoms with van der Waals surface area (Å²) in [5.74, 6) is 0. The lowest BCUT2D eigenvalue weighted by Gasteiger charge is -2.08. The number of hydrogen-bond acceptors (Lipinski definition) is 1. The van der Waals surface area contributed by atoms with Gasteiger partial charge in [0, 0.05) is 41.1 Å². The molecule has 0 N–H and O–H groups in total. The molecule has 0 aliphatic rings. The zero-order valence-corrected chi connectivity index (χ0v) is 23.3. The molecule has 1 nitrogen and oxygen atoms in total. The zero-order valence-electron chi connectivity index (χ0n) is 20.9. The third-order valence-electron chi connectivity index (χ3n) is 7.67. The number of thiophene rings is 1. The summed E-state index contributed by atoms with van der Waals surface area (Å²) in [6.07, 6.45) is 0. The van der Waals surface area contributed by atoms with E-state index in [1.54, 1.807) is 0 Å². The van der Waals surface area contributed by atoms with E-state index in [4.69, 9.17) is 0 Å². The molecule has 2 aromatic heterocycles. The maximum atomic E-state index is 3.57. The first-order valence-corrected chi connectivity index (χ1v) is 14.7. The Kier molecular flexibility index (Phi) is 5.22. The minimum atomic E-state index is 1.09. The number of rotatable bonds is 3. The molecule has 0 unspecified atom stereocenters. The highest BCUT2D eigenvalue weighted by atomic mass is 79.9. The molecular formula is C36H22BrNS. The normalized spacial score (nSPS) is 11.7. The van der Waals surface area contributed by atoms with Crippen LogP contribution in [0, 0.1) is 0 Å². The van der Waals surface area contributed by atoms with E-state index in [-0.39, 0.29) is 0 Å². The summed E-state index contributed by atoms with van der Waals surface area (Å²) in [6.45, 7) is 0. The number of benzene rings is 6. The molecule has 0 radical (unpaired) electrons. The average molecular weight is 581 g/mol. The van der Waals surface area contributed by atoms with Gasteiger partial charge in [0.1, 0.15) is 0 Å². The minimum absolute atomic E-state index is 1.09. The summed E-state index contributed by atoms with van der Waals surface area (Å²) in [6, 6.07) is 48.6. The van der Waals surface area contributed by atoms with Gasteiger partial charge in [0.15, 0.2) is 0 Å². The van der Waals surface area contributed by atoms with Gasteiger partial charge in [0.25, 0.3) is 0 Å². The van der Waals surface area contributed by atoms with Crippen molar-refractivity contribution in [2.24, 2.45) is 0 Å². The van der Waals surface area contributed by atoms with Crippen LogP contribution in [0.4, 0.5) is 0 Å². The van der Waals surface area contributed by atoms with E-state index < -0.39 is 0 Å². The number of hydrogen-bond donors (Lipinski definition) is 0. The Hall–Kier alpha value is -4.18. The lowest BCUT2D eigenvalue weighted by molar-refractivity contribution is 1.18. The molecule has 0 fully saturated rings. The van der Waals surface area contributed by atoms with Crippen LogP contribution in [0.1, 0.15) is 0 Å². The predicted octanol–water partition coefficient (Wildman–Crippen LogP) is 11.2. The summed E-state index contributed by atoms with van der Waals surface area (Å²) in [5.41, 5.74) is 8.53. The maximum Gasteiger partial charge on any atom is 0.0541 e. The second-order valence-electron chi connectivity index (χ2n) is 9.95. The molecule has 0 bridgehead atoms. The van der Waals surface area contributed by atoms with Gasteiger partial charge in [-0.25, -0.2) is 0 Å². The molecule has 2 heterocycles. The van der Waals surface area contributed by atoms with Crippen LogP contribution >= 0.6 is 27.3 Å². The number of para-hydroxylation sites is 1. The molecule has 0 saturated heterocycles. The fourth-order valence-corrected chi connectivity index (χ4v) is 7.14. The average Bonchev–Trinajstić information content (AvgIpc) is 3.52. The fourth-order valence-electron chi connectivity index (χ4n) is 5.79. The zero-order chi connectivity index (χ0) is 25.9. The molecule has 39 heavy (non-hydrogen) atoms. The van der Waals surface area contributed by atoms with Gasteiger partial charge >= 0.3 is 0 Å². The van der Waals surface area contributed by atoms with Crippen molar-refractivity contribution in [3.8, 4) is 27.9 Å². The standard InChI is InChI=1S/C36H22BrNS/c37-27-15-10-23(11-16-27)24-12-17-33-30(20-24)31-21-25(13-18-34(31)38(33)28-6-2-1-3-7-28)26-14-19-36-32(22-26)29-8-4-5-9-35(29)39-36/h1-22H. The summed E-state index contributed by atoms with van der Waals surface area (Å²) < 4.78 is 6.15. The molecule has 0 aliphatic heterocycles. The number of nitrogens with zero attached hydrogens (tertiary/aromatic N) is 1. The van der Waals surface area contributed by atoms with E-state index in [1.807, 2.05) is 11.3 Å². The van der Waals surface area contributed by atoms with E-state index in [2.05, 4.69) is 154 Å². The van der Waals surface area contributed by atoms with E-state index in [0.29, 0.717) is 0 Å². The van der Waals surface area contributed by atoms with E-state index in [0.717, 1.165) is 4.47 Å². The van der Waals surface area contributed by atoms with Crippen molar-refractivity contribution in [1.82, 2.24) is 4.57 Å². The van der Waals surface area contributed by atoms with Crippen molar-refractivity contribution < 1.29 is 0 Å². The summed E-state index contributed by atoms with van der Waals surface area (Å²) in [4.78, 5) is 0. The topological polar surface area (TPSA) is 4.93 Å². The molecule has 0 atom stereocenters. The summed E-state index contributed by atoms with van der Waals surface area (Å²) in [7, 11) is 0. The first-order chi connectivity index (χ1) is 19.2. The molecule has 6 aromatic carbocycles. The van der Waals surface area contributed by atoms with Gasteiger partial charge in [0.05, 0.1) is 11.0 Å². The SMILES string of the molecule is Brc1ccc(-c2ccc3c(c2)c2cc(-c4ccc5sc6ccccc6c5c4)ccc2n3-c2ccccc2)cc1. The van der Waals surface area contributed by atoms with Crippen LogP contribution in [0.15, 0.2) is 138 Å². The Morgan fingerprint density at radius 2 is 0.974 bits per heavy atom. The Morgan fingerprint density at radius 3 is 1.69 bits per heavy atom. The molecule has 184 valence electrons. The van der Waals surface area contributed by atoms with Gasteiger partial charge in [0.2, 0.25) is 0 Å². The van der Waals surface area contributed by atoms with E-state index in [1.165, 1.54) is 69.9 Å². The van der Waals surface area contributed by atoms with Gasteiger partial charge in [-0.3, -0.25) is 0 Å². The van der Waals surface area contributed by atoms with Gasteiger partial charge in [-0.1, -0.05) is 82.7 Å². The maximum absolute atomic E-state index is 3.57. The number of halogens is 1. The molecule has 3 heteroatoms. The summed E-state index contributed by atoms with van der Waals surface area (Å²) >= 11 is 5.44. The van der Waals surface area contributed by atoms with Crippen LogP contribution < -0.4 is 0 Å². The number of fused-ring (bicyclic) bond motifs is 6. The van der Waals surface area contributed by atoms with Crippen LogP contribution in [0.2, 0.25) is 0 Å². The largest absolute Gasteiger partial charge is 0.309 e. The third-order valence-corrected chi connectivity index (χ3v) is 9.35. The molecule has 0 aliphatic carbocycles. The van der Waals surface area contributed by atoms with Gasteiger partial charge in [-0.05, 0) is 89.0 Å². The highest BCUT2D eigenvalue weighted by molar-refractivity contribution is 9.10. The third kappa shape index (κ3) is 3.73. The second kappa shape index (κ2) is 8.94. The smallest absolute Gasteiger partial charge is 0.0541 e. The Morgan fingerprint density at radius 1 is 0.436 bits per heavy atom. The molecule has 8 rings (SSSR count). The first-order valence-electron chi connectivity index (χ1n) is 13.0. The number of aromatic nitrogens is 1. The molecule has 8 aromatic rings. The minimum Gasteiger partial charge on any atom is -0.309 e. The summed E-state index contributed by atoms with van der Waals surface area (Å²) in [5, 5.41) is 5.19.